The van der Waals surface area contributed by atoms with Crippen molar-refractivity contribution < 1.29 is 9.53 Å². The van der Waals surface area contributed by atoms with E-state index in [0.717, 1.165) is 16.7 Å². The lowest BCUT2D eigenvalue weighted by Crippen LogP contribution is -2.54. The molecule has 1 saturated heterocycles. The number of rotatable bonds is 1. The number of nitrogens with one attached hydrogen (secondary N) is 1. The maximum Gasteiger partial charge on any atom is 0.410 e. The number of anilines is 1. The molecule has 1 N–H and O–H groups in total. The van der Waals surface area contributed by atoms with E-state index in [0.29, 0.717) is 24.7 Å². The Bertz CT molecular complexity index is 753. The van der Waals surface area contributed by atoms with E-state index in [2.05, 4.69) is 21.8 Å². The van der Waals surface area contributed by atoms with Crippen LogP contribution >= 0.6 is 11.6 Å². The van der Waals surface area contributed by atoms with Crippen molar-refractivity contribution in [3.63, 3.8) is 0 Å². The van der Waals surface area contributed by atoms with Crippen molar-refractivity contribution in [1.29, 1.82) is 0 Å². The Labute approximate surface area is 146 Å². The lowest BCUT2D eigenvalue weighted by Gasteiger charge is -2.41. The minimum Gasteiger partial charge on any atom is -0.444 e. The molecule has 2 aromatic rings. The molecule has 3 rings (SSSR count). The summed E-state index contributed by atoms with van der Waals surface area (Å²) in [4.78, 5) is 23.6. The van der Waals surface area contributed by atoms with Gasteiger partial charge in [-0.3, -0.25) is 0 Å². The second-order valence-electron chi connectivity index (χ2n) is 7.19. The van der Waals surface area contributed by atoms with E-state index in [1.165, 1.54) is 0 Å². The predicted octanol–water partition coefficient (Wildman–Crippen LogP) is 3.66. The van der Waals surface area contributed by atoms with Gasteiger partial charge in [0.15, 0.2) is 0 Å². The maximum atomic E-state index is 12.3. The standard InChI is InChI=1S/C17H23ClN4O2/c1-11-9-21(16(23)24-17(2,3)4)5-6-22(11)15-8-14-13(7-12(15)18)19-10-20-14/h7-8,10-11H,5-6,9H2,1-4H3,(H,19,20). The molecule has 1 unspecified atom stereocenters. The van der Waals surface area contributed by atoms with Gasteiger partial charge in [-0.25, -0.2) is 9.78 Å². The molecule has 0 saturated carbocycles. The molecular formula is C17H23ClN4O2. The van der Waals surface area contributed by atoms with Gasteiger partial charge in [-0.2, -0.15) is 0 Å². The summed E-state index contributed by atoms with van der Waals surface area (Å²) in [6.45, 7) is 9.63. The summed E-state index contributed by atoms with van der Waals surface area (Å²) >= 11 is 6.45. The van der Waals surface area contributed by atoms with Crippen molar-refractivity contribution in [3.05, 3.63) is 23.5 Å². The van der Waals surface area contributed by atoms with E-state index in [1.807, 2.05) is 32.9 Å². The number of ether oxygens (including phenoxy) is 1. The van der Waals surface area contributed by atoms with Gasteiger partial charge in [0.25, 0.3) is 0 Å². The highest BCUT2D eigenvalue weighted by Crippen LogP contribution is 2.32. The molecule has 2 heterocycles. The number of carbonyl (C=O) groups is 1. The van der Waals surface area contributed by atoms with Gasteiger partial charge < -0.3 is 19.5 Å². The lowest BCUT2D eigenvalue weighted by molar-refractivity contribution is 0.0219. The molecule has 1 fully saturated rings. The van der Waals surface area contributed by atoms with E-state index >= 15 is 0 Å². The number of benzene rings is 1. The van der Waals surface area contributed by atoms with Gasteiger partial charge in [0.05, 0.1) is 28.1 Å². The van der Waals surface area contributed by atoms with Crippen molar-refractivity contribution in [2.45, 2.75) is 39.3 Å². The van der Waals surface area contributed by atoms with E-state index < -0.39 is 5.60 Å². The van der Waals surface area contributed by atoms with E-state index in [4.69, 9.17) is 16.3 Å². The fraction of sp³-hybridized carbons (Fsp3) is 0.529. The first-order valence-corrected chi connectivity index (χ1v) is 8.49. The zero-order chi connectivity index (χ0) is 17.5. The van der Waals surface area contributed by atoms with Crippen LogP contribution in [0.25, 0.3) is 11.0 Å². The van der Waals surface area contributed by atoms with Crippen LogP contribution < -0.4 is 4.90 Å². The van der Waals surface area contributed by atoms with Crippen molar-refractivity contribution in [3.8, 4) is 0 Å². The van der Waals surface area contributed by atoms with Crippen LogP contribution in [0.2, 0.25) is 5.02 Å². The summed E-state index contributed by atoms with van der Waals surface area (Å²) in [7, 11) is 0. The van der Waals surface area contributed by atoms with Gasteiger partial charge in [0, 0.05) is 25.7 Å². The summed E-state index contributed by atoms with van der Waals surface area (Å²) in [5.41, 5.74) is 2.28. The Morgan fingerprint density at radius 2 is 2.12 bits per heavy atom. The van der Waals surface area contributed by atoms with Crippen LogP contribution in [0.1, 0.15) is 27.7 Å². The number of halogens is 1. The molecule has 0 spiro atoms. The molecule has 0 radical (unpaired) electrons. The van der Waals surface area contributed by atoms with Crippen LogP contribution in [0, 0.1) is 0 Å². The largest absolute Gasteiger partial charge is 0.444 e. The molecule has 0 bridgehead atoms. The number of carbonyl (C=O) groups excluding carboxylic acids is 1. The first-order valence-electron chi connectivity index (χ1n) is 8.12. The first-order chi connectivity index (χ1) is 11.2. The number of fused-ring (bicyclic) bond motifs is 1. The average molecular weight is 351 g/mol. The van der Waals surface area contributed by atoms with Crippen LogP contribution in [0.3, 0.4) is 0 Å². The summed E-state index contributed by atoms with van der Waals surface area (Å²) in [6.07, 6.45) is 1.40. The molecule has 1 aromatic carbocycles. The fourth-order valence-corrected chi connectivity index (χ4v) is 3.24. The van der Waals surface area contributed by atoms with Crippen LogP contribution in [0.5, 0.6) is 0 Å². The second kappa shape index (κ2) is 6.16. The molecule has 1 aromatic heterocycles. The number of H-pyrrole nitrogens is 1. The first kappa shape index (κ1) is 16.9. The Morgan fingerprint density at radius 3 is 2.79 bits per heavy atom. The summed E-state index contributed by atoms with van der Waals surface area (Å²) < 4.78 is 5.47. The molecule has 1 aliphatic rings. The number of aromatic amines is 1. The number of aromatic nitrogens is 2. The third kappa shape index (κ3) is 3.43. The number of hydrogen-bond donors (Lipinski definition) is 1. The van der Waals surface area contributed by atoms with Gasteiger partial charge in [0.2, 0.25) is 0 Å². The lowest BCUT2D eigenvalue weighted by atomic mass is 10.1. The summed E-state index contributed by atoms with van der Waals surface area (Å²) in [5.74, 6) is 0. The number of nitrogens with zero attached hydrogens (tertiary/aromatic N) is 3. The van der Waals surface area contributed by atoms with Gasteiger partial charge >= 0.3 is 6.09 Å². The third-order valence-electron chi connectivity index (χ3n) is 4.08. The summed E-state index contributed by atoms with van der Waals surface area (Å²) in [6, 6.07) is 4.03. The zero-order valence-electron chi connectivity index (χ0n) is 14.5. The predicted molar refractivity (Wildman–Crippen MR) is 95.7 cm³/mol. The second-order valence-corrected chi connectivity index (χ2v) is 7.60. The van der Waals surface area contributed by atoms with Crippen molar-refractivity contribution in [2.24, 2.45) is 0 Å². The SMILES string of the molecule is CC1CN(C(=O)OC(C)(C)C)CCN1c1cc2nc[nH]c2cc1Cl. The Kier molecular flexibility index (Phi) is 4.34. The highest BCUT2D eigenvalue weighted by molar-refractivity contribution is 6.34. The van der Waals surface area contributed by atoms with Crippen LogP contribution in [-0.4, -0.2) is 52.2 Å². The Morgan fingerprint density at radius 1 is 1.38 bits per heavy atom. The number of hydrogen-bond acceptors (Lipinski definition) is 4. The maximum absolute atomic E-state index is 12.3. The molecular weight excluding hydrogens is 328 g/mol. The summed E-state index contributed by atoms with van der Waals surface area (Å²) in [5, 5.41) is 0.685. The molecule has 24 heavy (non-hydrogen) atoms. The van der Waals surface area contributed by atoms with Crippen molar-refractivity contribution in [2.75, 3.05) is 24.5 Å². The monoisotopic (exact) mass is 350 g/mol. The van der Waals surface area contributed by atoms with Crippen molar-refractivity contribution >= 4 is 34.4 Å². The highest BCUT2D eigenvalue weighted by atomic mass is 35.5. The molecule has 0 aliphatic carbocycles. The van der Waals surface area contributed by atoms with Crippen LogP contribution in [0.15, 0.2) is 18.5 Å². The Balaban J connectivity index is 1.75. The van der Waals surface area contributed by atoms with E-state index in [-0.39, 0.29) is 12.1 Å². The van der Waals surface area contributed by atoms with Crippen molar-refractivity contribution in [1.82, 2.24) is 14.9 Å². The smallest absolute Gasteiger partial charge is 0.410 e. The normalized spacial score (nSPS) is 19.0. The van der Waals surface area contributed by atoms with Crippen LogP contribution in [-0.2, 0) is 4.74 Å². The fourth-order valence-electron chi connectivity index (χ4n) is 2.97. The number of amides is 1. The Hall–Kier alpha value is -1.95. The minimum atomic E-state index is -0.480. The number of imidazole rings is 1. The molecule has 7 heteroatoms. The number of piperazine rings is 1. The third-order valence-corrected chi connectivity index (χ3v) is 4.38. The topological polar surface area (TPSA) is 61.5 Å². The van der Waals surface area contributed by atoms with Crippen LogP contribution in [0.4, 0.5) is 10.5 Å². The van der Waals surface area contributed by atoms with E-state index in [9.17, 15) is 4.79 Å². The van der Waals surface area contributed by atoms with Gasteiger partial charge in [-0.15, -0.1) is 0 Å². The van der Waals surface area contributed by atoms with Gasteiger partial charge in [-0.05, 0) is 39.8 Å². The molecule has 1 amide bonds. The molecule has 130 valence electrons. The highest BCUT2D eigenvalue weighted by Gasteiger charge is 2.30. The van der Waals surface area contributed by atoms with Gasteiger partial charge in [-0.1, -0.05) is 11.6 Å². The van der Waals surface area contributed by atoms with Gasteiger partial charge in [0.1, 0.15) is 5.60 Å². The molecule has 1 aliphatic heterocycles. The average Bonchev–Trinajstić information content (AvgIpc) is 2.91. The zero-order valence-corrected chi connectivity index (χ0v) is 15.2. The minimum absolute atomic E-state index is 0.139. The molecule has 6 nitrogen and oxygen atoms in total. The van der Waals surface area contributed by atoms with E-state index in [1.54, 1.807) is 11.2 Å². The quantitative estimate of drug-likeness (QED) is 0.852. The molecule has 1 atom stereocenters.